The molecule has 1 aliphatic carbocycles. The van der Waals surface area contributed by atoms with Crippen molar-refractivity contribution in [2.45, 2.75) is 77.6 Å². The van der Waals surface area contributed by atoms with Crippen LogP contribution in [0.1, 0.15) is 93.5 Å². The molecule has 0 atom stereocenters. The fraction of sp³-hybridized carbons (Fsp3) is 0.424. The molecule has 4 rings (SSSR count). The molecule has 0 aromatic heterocycles. The Morgan fingerprint density at radius 3 is 2.21 bits per heavy atom. The molecular weight excluding hydrogens is 501 g/mol. The number of carbonyl (C=O) groups excluding carboxylic acids is 1. The van der Waals surface area contributed by atoms with Gasteiger partial charge >= 0.3 is 5.97 Å². The molecule has 0 unspecified atom stereocenters. The Labute approximate surface area is 229 Å². The minimum Gasteiger partial charge on any atom is -0.493 e. The second-order valence-electron chi connectivity index (χ2n) is 10.6. The summed E-state index contributed by atoms with van der Waals surface area (Å²) in [5, 5.41) is 0. The summed E-state index contributed by atoms with van der Waals surface area (Å²) in [6.07, 6.45) is 9.18. The van der Waals surface area contributed by atoms with Crippen LogP contribution in [0.15, 0.2) is 54.6 Å². The number of hydrogen-bond acceptors (Lipinski definition) is 3. The molecule has 1 aliphatic rings. The van der Waals surface area contributed by atoms with Crippen LogP contribution in [0.25, 0.3) is 11.1 Å². The predicted molar refractivity (Wildman–Crippen MR) is 148 cm³/mol. The fourth-order valence-electron chi connectivity index (χ4n) is 5.19. The van der Waals surface area contributed by atoms with Crippen LogP contribution in [-0.4, -0.2) is 12.6 Å². The van der Waals surface area contributed by atoms with E-state index in [1.165, 1.54) is 49.6 Å². The number of carbonyl (C=O) groups is 1. The second kappa shape index (κ2) is 13.7. The summed E-state index contributed by atoms with van der Waals surface area (Å²) in [5.41, 5.74) is 0.841. The van der Waals surface area contributed by atoms with Crippen LogP contribution in [0, 0.1) is 23.4 Å². The lowest BCUT2D eigenvalue weighted by Gasteiger charge is -2.27. The van der Waals surface area contributed by atoms with E-state index in [0.29, 0.717) is 35.0 Å². The summed E-state index contributed by atoms with van der Waals surface area (Å²) in [6.45, 7) is 4.88. The summed E-state index contributed by atoms with van der Waals surface area (Å²) >= 11 is 0. The Kier molecular flexibility index (Phi) is 10.1. The molecule has 208 valence electrons. The van der Waals surface area contributed by atoms with Crippen molar-refractivity contribution in [1.29, 1.82) is 0 Å². The van der Waals surface area contributed by atoms with Gasteiger partial charge in [0.1, 0.15) is 17.3 Å². The van der Waals surface area contributed by atoms with Gasteiger partial charge in [-0.15, -0.1) is 0 Å². The molecule has 3 aromatic carbocycles. The molecule has 0 heterocycles. The van der Waals surface area contributed by atoms with Crippen molar-refractivity contribution < 1.29 is 27.4 Å². The first kappa shape index (κ1) is 28.7. The molecule has 0 N–H and O–H groups in total. The SMILES string of the molecule is CCCCCCCOc1ccc(-c2ccc(OC(=O)c3ccc(C4CCC(C)CC4)c(F)c3F)cc2)c(F)c1. The van der Waals surface area contributed by atoms with Crippen molar-refractivity contribution >= 4 is 5.97 Å². The number of esters is 1. The van der Waals surface area contributed by atoms with Crippen molar-refractivity contribution in [2.75, 3.05) is 6.61 Å². The molecule has 0 saturated heterocycles. The van der Waals surface area contributed by atoms with Crippen LogP contribution in [0.5, 0.6) is 11.5 Å². The molecule has 1 saturated carbocycles. The van der Waals surface area contributed by atoms with E-state index in [9.17, 15) is 18.0 Å². The van der Waals surface area contributed by atoms with Gasteiger partial charge in [-0.2, -0.15) is 0 Å². The number of unbranched alkanes of at least 4 members (excludes halogenated alkanes) is 4. The smallest absolute Gasteiger partial charge is 0.346 e. The first-order chi connectivity index (χ1) is 18.9. The number of benzene rings is 3. The molecular formula is C33H37F3O3. The maximum Gasteiger partial charge on any atom is 0.346 e. The molecule has 0 radical (unpaired) electrons. The summed E-state index contributed by atoms with van der Waals surface area (Å²) < 4.78 is 55.4. The van der Waals surface area contributed by atoms with E-state index >= 15 is 0 Å². The van der Waals surface area contributed by atoms with Crippen LogP contribution < -0.4 is 9.47 Å². The van der Waals surface area contributed by atoms with E-state index in [1.807, 2.05) is 0 Å². The van der Waals surface area contributed by atoms with Crippen LogP contribution in [0.2, 0.25) is 0 Å². The van der Waals surface area contributed by atoms with Gasteiger partial charge in [0.25, 0.3) is 0 Å². The first-order valence-corrected chi connectivity index (χ1v) is 14.1. The minimum atomic E-state index is -1.18. The highest BCUT2D eigenvalue weighted by atomic mass is 19.2. The standard InChI is InChI=1S/C33H37F3O3/c1-3-4-5-6-7-20-38-26-16-17-27(30(34)21-26)23-12-14-25(15-13-23)39-33(37)29-19-18-28(31(35)32(29)36)24-10-8-22(2)9-11-24/h12-19,21-22,24H,3-11,20H2,1-2H3. The lowest BCUT2D eigenvalue weighted by molar-refractivity contribution is 0.0728. The maximum atomic E-state index is 14.9. The van der Waals surface area contributed by atoms with E-state index in [1.54, 1.807) is 24.3 Å². The van der Waals surface area contributed by atoms with Crippen molar-refractivity contribution in [3.05, 3.63) is 83.2 Å². The molecule has 0 spiro atoms. The molecule has 0 aliphatic heterocycles. The Morgan fingerprint density at radius 2 is 1.51 bits per heavy atom. The average molecular weight is 539 g/mol. The Hall–Kier alpha value is -3.28. The largest absolute Gasteiger partial charge is 0.493 e. The highest BCUT2D eigenvalue weighted by Crippen LogP contribution is 2.37. The first-order valence-electron chi connectivity index (χ1n) is 14.1. The van der Waals surface area contributed by atoms with E-state index in [-0.39, 0.29) is 11.7 Å². The Bertz CT molecular complexity index is 1250. The van der Waals surface area contributed by atoms with Crippen LogP contribution in [-0.2, 0) is 0 Å². The topological polar surface area (TPSA) is 35.5 Å². The Morgan fingerprint density at radius 1 is 0.821 bits per heavy atom. The monoisotopic (exact) mass is 538 g/mol. The molecule has 3 nitrogen and oxygen atoms in total. The van der Waals surface area contributed by atoms with Gasteiger partial charge in [0.05, 0.1) is 12.2 Å². The second-order valence-corrected chi connectivity index (χ2v) is 10.6. The Balaban J connectivity index is 1.36. The van der Waals surface area contributed by atoms with Gasteiger partial charge in [-0.05, 0) is 72.6 Å². The van der Waals surface area contributed by atoms with E-state index in [4.69, 9.17) is 9.47 Å². The third-order valence-electron chi connectivity index (χ3n) is 7.62. The quantitative estimate of drug-likeness (QED) is 0.138. The van der Waals surface area contributed by atoms with Crippen LogP contribution in [0.3, 0.4) is 0 Å². The number of halogens is 3. The highest BCUT2D eigenvalue weighted by molar-refractivity contribution is 5.91. The maximum absolute atomic E-state index is 14.9. The van der Waals surface area contributed by atoms with Gasteiger partial charge in [-0.1, -0.05) is 70.6 Å². The van der Waals surface area contributed by atoms with Crippen molar-refractivity contribution in [3.8, 4) is 22.6 Å². The molecule has 0 amide bonds. The third kappa shape index (κ3) is 7.43. The third-order valence-corrected chi connectivity index (χ3v) is 7.62. The molecule has 0 bridgehead atoms. The number of hydrogen-bond donors (Lipinski definition) is 0. The average Bonchev–Trinajstić information content (AvgIpc) is 2.93. The molecule has 6 heteroatoms. The normalized spacial score (nSPS) is 17.2. The minimum absolute atomic E-state index is 0.0371. The number of ether oxygens (including phenoxy) is 2. The lowest BCUT2D eigenvalue weighted by atomic mass is 9.79. The van der Waals surface area contributed by atoms with E-state index in [0.717, 1.165) is 38.5 Å². The van der Waals surface area contributed by atoms with Gasteiger partial charge in [0.15, 0.2) is 11.6 Å². The zero-order valence-corrected chi connectivity index (χ0v) is 22.8. The predicted octanol–water partition coefficient (Wildman–Crippen LogP) is 9.63. The van der Waals surface area contributed by atoms with E-state index < -0.39 is 29.0 Å². The molecule has 3 aromatic rings. The summed E-state index contributed by atoms with van der Waals surface area (Å²) in [7, 11) is 0. The molecule has 39 heavy (non-hydrogen) atoms. The van der Waals surface area contributed by atoms with Crippen molar-refractivity contribution in [2.24, 2.45) is 5.92 Å². The summed E-state index contributed by atoms with van der Waals surface area (Å²) in [4.78, 5) is 12.6. The van der Waals surface area contributed by atoms with Crippen LogP contribution in [0.4, 0.5) is 13.2 Å². The van der Waals surface area contributed by atoms with Gasteiger partial charge < -0.3 is 9.47 Å². The zero-order valence-electron chi connectivity index (χ0n) is 22.8. The van der Waals surface area contributed by atoms with Gasteiger partial charge in [-0.3, -0.25) is 0 Å². The van der Waals surface area contributed by atoms with Crippen LogP contribution >= 0.6 is 0 Å². The van der Waals surface area contributed by atoms with Gasteiger partial charge in [-0.25, -0.2) is 18.0 Å². The lowest BCUT2D eigenvalue weighted by Crippen LogP contribution is -2.16. The summed E-state index contributed by atoms with van der Waals surface area (Å²) in [5.74, 6) is -2.37. The number of rotatable bonds is 11. The zero-order chi connectivity index (χ0) is 27.8. The summed E-state index contributed by atoms with van der Waals surface area (Å²) in [6, 6.07) is 13.8. The van der Waals surface area contributed by atoms with Gasteiger partial charge in [0.2, 0.25) is 0 Å². The van der Waals surface area contributed by atoms with Crippen molar-refractivity contribution in [1.82, 2.24) is 0 Å². The van der Waals surface area contributed by atoms with E-state index in [2.05, 4.69) is 13.8 Å². The van der Waals surface area contributed by atoms with Crippen molar-refractivity contribution in [3.63, 3.8) is 0 Å². The fourth-order valence-corrected chi connectivity index (χ4v) is 5.19. The highest BCUT2D eigenvalue weighted by Gasteiger charge is 2.27. The van der Waals surface area contributed by atoms with Gasteiger partial charge in [0, 0.05) is 11.6 Å². The molecule has 1 fully saturated rings.